The number of ether oxygens (including phenoxy) is 1. The van der Waals surface area contributed by atoms with Crippen molar-refractivity contribution in [3.63, 3.8) is 0 Å². The van der Waals surface area contributed by atoms with Gasteiger partial charge in [-0.05, 0) is 63.7 Å². The molecule has 0 saturated carbocycles. The summed E-state index contributed by atoms with van der Waals surface area (Å²) in [7, 11) is -3.61. The maximum absolute atomic E-state index is 12.6. The molecule has 0 fully saturated rings. The Morgan fingerprint density at radius 2 is 1.91 bits per heavy atom. The van der Waals surface area contributed by atoms with Crippen LogP contribution in [0.1, 0.15) is 60.6 Å². The minimum atomic E-state index is -3.61. The van der Waals surface area contributed by atoms with Gasteiger partial charge in [-0.25, -0.2) is 22.9 Å². The van der Waals surface area contributed by atoms with E-state index in [2.05, 4.69) is 15.0 Å². The van der Waals surface area contributed by atoms with Crippen LogP contribution in [0.25, 0.3) is 0 Å². The van der Waals surface area contributed by atoms with Crippen molar-refractivity contribution < 1.29 is 27.2 Å². The Balaban J connectivity index is 1.89. The Bertz CT molecular complexity index is 1060. The number of amides is 1. The van der Waals surface area contributed by atoms with Gasteiger partial charge in [0.15, 0.2) is 5.69 Å². The molecule has 0 radical (unpaired) electrons. The molecule has 2 rings (SSSR count). The van der Waals surface area contributed by atoms with E-state index in [4.69, 9.17) is 14.9 Å². The zero-order valence-corrected chi connectivity index (χ0v) is 21.9. The van der Waals surface area contributed by atoms with Crippen molar-refractivity contribution in [2.24, 2.45) is 5.73 Å². The standard InChI is InChI=1S/C23H34N4O6S2/c1-4-32-23(29)19(26-21(28)20-15-33-22(27-20)18(24)12-14-34-3)7-5-6-13-25-35(30,31)17-10-8-16(2)9-11-17/h8-11,15,18-19,25H,4-7,12-14,24H2,1-3H3,(H,26,28). The summed E-state index contributed by atoms with van der Waals surface area (Å²) >= 11 is 1.65. The number of nitrogens with zero attached hydrogens (tertiary/aromatic N) is 1. The van der Waals surface area contributed by atoms with E-state index in [0.29, 0.717) is 19.3 Å². The number of carbonyl (C=O) groups excluding carboxylic acids is 2. The van der Waals surface area contributed by atoms with Crippen molar-refractivity contribution in [3.05, 3.63) is 47.7 Å². The number of rotatable bonds is 15. The summed E-state index contributed by atoms with van der Waals surface area (Å²) in [5.41, 5.74) is 7.02. The first kappa shape index (κ1) is 28.8. The van der Waals surface area contributed by atoms with E-state index in [-0.39, 0.29) is 36.1 Å². The van der Waals surface area contributed by atoms with Crippen molar-refractivity contribution in [2.45, 2.75) is 56.5 Å². The Hall–Kier alpha value is -2.41. The zero-order chi connectivity index (χ0) is 25.8. The van der Waals surface area contributed by atoms with Crippen LogP contribution in [0.5, 0.6) is 0 Å². The summed E-state index contributed by atoms with van der Waals surface area (Å²) in [5.74, 6) is -0.0496. The van der Waals surface area contributed by atoms with E-state index in [0.717, 1.165) is 11.3 Å². The summed E-state index contributed by atoms with van der Waals surface area (Å²) < 4.78 is 37.7. The molecular weight excluding hydrogens is 492 g/mol. The maximum atomic E-state index is 12.6. The molecule has 0 bridgehead atoms. The molecule has 0 aliphatic carbocycles. The molecule has 2 aromatic rings. The first-order valence-corrected chi connectivity index (χ1v) is 14.3. The monoisotopic (exact) mass is 526 g/mol. The molecule has 0 aliphatic rings. The quantitative estimate of drug-likeness (QED) is 0.235. The molecule has 1 aromatic heterocycles. The molecular formula is C23H34N4O6S2. The second-order valence-corrected chi connectivity index (χ2v) is 10.7. The van der Waals surface area contributed by atoms with Gasteiger partial charge < -0.3 is 20.2 Å². The summed E-state index contributed by atoms with van der Waals surface area (Å²) in [5, 5.41) is 2.63. The number of carbonyl (C=O) groups is 2. The lowest BCUT2D eigenvalue weighted by molar-refractivity contribution is -0.145. The smallest absolute Gasteiger partial charge is 0.328 e. The molecule has 2 atom stereocenters. The number of aromatic nitrogens is 1. The van der Waals surface area contributed by atoms with Crippen LogP contribution in [0.3, 0.4) is 0 Å². The third kappa shape index (κ3) is 9.28. The minimum Gasteiger partial charge on any atom is -0.464 e. The predicted molar refractivity (Wildman–Crippen MR) is 135 cm³/mol. The first-order chi connectivity index (χ1) is 16.7. The van der Waals surface area contributed by atoms with Gasteiger partial charge in [0.05, 0.1) is 17.5 Å². The van der Waals surface area contributed by atoms with Crippen LogP contribution in [-0.2, 0) is 19.6 Å². The molecule has 2 unspecified atom stereocenters. The highest BCUT2D eigenvalue weighted by molar-refractivity contribution is 7.98. The predicted octanol–water partition coefficient (Wildman–Crippen LogP) is 2.55. The number of aryl methyl sites for hydroxylation is 1. The lowest BCUT2D eigenvalue weighted by atomic mass is 10.1. The van der Waals surface area contributed by atoms with Gasteiger partial charge in [0.1, 0.15) is 12.3 Å². The van der Waals surface area contributed by atoms with Crippen LogP contribution in [0.4, 0.5) is 0 Å². The van der Waals surface area contributed by atoms with E-state index in [9.17, 15) is 18.0 Å². The number of unbranched alkanes of at least 4 members (excludes halogenated alkanes) is 1. The minimum absolute atomic E-state index is 0.0276. The average Bonchev–Trinajstić information content (AvgIpc) is 3.32. The highest BCUT2D eigenvalue weighted by atomic mass is 32.2. The van der Waals surface area contributed by atoms with Crippen molar-refractivity contribution in [3.8, 4) is 0 Å². The van der Waals surface area contributed by atoms with Crippen LogP contribution in [0, 0.1) is 6.92 Å². The van der Waals surface area contributed by atoms with Crippen LogP contribution in [-0.4, -0.2) is 56.5 Å². The molecule has 12 heteroatoms. The normalized spacial score (nSPS) is 13.3. The summed E-state index contributed by atoms with van der Waals surface area (Å²) in [6, 6.07) is 5.24. The molecule has 10 nitrogen and oxygen atoms in total. The van der Waals surface area contributed by atoms with Crippen molar-refractivity contribution in [2.75, 3.05) is 25.2 Å². The topological polar surface area (TPSA) is 154 Å². The van der Waals surface area contributed by atoms with Crippen LogP contribution < -0.4 is 15.8 Å². The van der Waals surface area contributed by atoms with Gasteiger partial charge >= 0.3 is 5.97 Å². The van der Waals surface area contributed by atoms with Gasteiger partial charge in [0.2, 0.25) is 15.9 Å². The Morgan fingerprint density at radius 3 is 2.57 bits per heavy atom. The van der Waals surface area contributed by atoms with Crippen LogP contribution >= 0.6 is 11.8 Å². The molecule has 1 aromatic carbocycles. The molecule has 0 saturated heterocycles. The molecule has 1 amide bonds. The second kappa shape index (κ2) is 14.2. The number of benzene rings is 1. The number of oxazole rings is 1. The summed E-state index contributed by atoms with van der Waals surface area (Å²) in [4.78, 5) is 29.3. The number of nitrogens with one attached hydrogen (secondary N) is 2. The summed E-state index contributed by atoms with van der Waals surface area (Å²) in [6.07, 6.45) is 5.05. The van der Waals surface area contributed by atoms with Crippen molar-refractivity contribution in [1.82, 2.24) is 15.0 Å². The number of nitrogens with two attached hydrogens (primary N) is 1. The van der Waals surface area contributed by atoms with E-state index in [1.54, 1.807) is 43.0 Å². The molecule has 35 heavy (non-hydrogen) atoms. The highest BCUT2D eigenvalue weighted by Crippen LogP contribution is 2.16. The fourth-order valence-electron chi connectivity index (χ4n) is 3.14. The van der Waals surface area contributed by atoms with E-state index < -0.39 is 34.0 Å². The van der Waals surface area contributed by atoms with E-state index in [1.165, 1.54) is 6.26 Å². The Kier molecular flexibility index (Phi) is 11.7. The molecule has 0 aliphatic heterocycles. The highest BCUT2D eigenvalue weighted by Gasteiger charge is 2.25. The van der Waals surface area contributed by atoms with Crippen molar-refractivity contribution in [1.29, 1.82) is 0 Å². The van der Waals surface area contributed by atoms with Gasteiger partial charge in [-0.3, -0.25) is 4.79 Å². The fraction of sp³-hybridized carbons (Fsp3) is 0.522. The summed E-state index contributed by atoms with van der Waals surface area (Å²) in [6.45, 7) is 3.92. The number of hydrogen-bond acceptors (Lipinski definition) is 9. The first-order valence-electron chi connectivity index (χ1n) is 11.4. The number of thioether (sulfide) groups is 1. The average molecular weight is 527 g/mol. The van der Waals surface area contributed by atoms with Gasteiger partial charge in [0.25, 0.3) is 5.91 Å². The second-order valence-electron chi connectivity index (χ2n) is 7.94. The zero-order valence-electron chi connectivity index (χ0n) is 20.3. The Labute approximate surface area is 210 Å². The molecule has 0 spiro atoms. The number of hydrogen-bond donors (Lipinski definition) is 3. The number of sulfonamides is 1. The lowest BCUT2D eigenvalue weighted by Crippen LogP contribution is -2.42. The van der Waals surface area contributed by atoms with Gasteiger partial charge in [-0.2, -0.15) is 11.8 Å². The van der Waals surface area contributed by atoms with E-state index >= 15 is 0 Å². The van der Waals surface area contributed by atoms with Gasteiger partial charge in [0, 0.05) is 6.54 Å². The molecule has 1 heterocycles. The van der Waals surface area contributed by atoms with Crippen molar-refractivity contribution >= 4 is 33.7 Å². The third-order valence-electron chi connectivity index (χ3n) is 5.12. The van der Waals surface area contributed by atoms with Gasteiger partial charge in [-0.15, -0.1) is 0 Å². The molecule has 4 N–H and O–H groups in total. The fourth-order valence-corrected chi connectivity index (χ4v) is 4.70. The van der Waals surface area contributed by atoms with Crippen LogP contribution in [0.2, 0.25) is 0 Å². The van der Waals surface area contributed by atoms with Crippen LogP contribution in [0.15, 0.2) is 39.8 Å². The SMILES string of the molecule is CCOC(=O)C(CCCCNS(=O)(=O)c1ccc(C)cc1)NC(=O)c1coc(C(N)CCSC)n1. The maximum Gasteiger partial charge on any atom is 0.328 e. The van der Waals surface area contributed by atoms with E-state index in [1.807, 2.05) is 13.2 Å². The largest absolute Gasteiger partial charge is 0.464 e. The molecule has 194 valence electrons. The number of esters is 1. The third-order valence-corrected chi connectivity index (χ3v) is 7.25. The Morgan fingerprint density at radius 1 is 1.20 bits per heavy atom. The lowest BCUT2D eigenvalue weighted by Gasteiger charge is -2.16. The van der Waals surface area contributed by atoms with Gasteiger partial charge in [-0.1, -0.05) is 17.7 Å².